The van der Waals surface area contributed by atoms with Gasteiger partial charge in [0, 0.05) is 39.3 Å². The number of hydrogen-bond acceptors (Lipinski definition) is 5. The van der Waals surface area contributed by atoms with Crippen molar-refractivity contribution in [3.63, 3.8) is 0 Å². The van der Waals surface area contributed by atoms with E-state index in [4.69, 9.17) is 9.47 Å². The largest absolute Gasteiger partial charge is 0.476 e. The number of carbonyl (C=O) groups is 2. The predicted octanol–water partition coefficient (Wildman–Crippen LogP) is 2.30. The highest BCUT2D eigenvalue weighted by Crippen LogP contribution is 2.33. The molecule has 4 rings (SSSR count). The van der Waals surface area contributed by atoms with Crippen molar-refractivity contribution in [3.8, 4) is 5.75 Å². The van der Waals surface area contributed by atoms with E-state index in [1.807, 2.05) is 30.3 Å². The zero-order valence-corrected chi connectivity index (χ0v) is 17.4. The molecule has 2 heterocycles. The molecule has 2 aromatic carbocycles. The molecule has 2 aliphatic heterocycles. The van der Waals surface area contributed by atoms with E-state index in [9.17, 15) is 9.59 Å². The lowest BCUT2D eigenvalue weighted by molar-refractivity contribution is -0.138. The highest BCUT2D eigenvalue weighted by molar-refractivity contribution is 5.95. The molecule has 1 atom stereocenters. The Hall–Kier alpha value is -3.06. The van der Waals surface area contributed by atoms with Gasteiger partial charge in [0.1, 0.15) is 5.75 Å². The normalized spacial score (nSPS) is 18.4. The summed E-state index contributed by atoms with van der Waals surface area (Å²) in [6.07, 6.45) is -0.721. The molecule has 0 radical (unpaired) electrons. The molecule has 0 spiro atoms. The van der Waals surface area contributed by atoms with Crippen LogP contribution in [0.15, 0.2) is 48.5 Å². The number of morpholine rings is 1. The minimum absolute atomic E-state index is 0.107. The summed E-state index contributed by atoms with van der Waals surface area (Å²) in [4.78, 5) is 30.7. The van der Waals surface area contributed by atoms with Gasteiger partial charge >= 0.3 is 0 Å². The number of rotatable bonds is 4. The zero-order valence-electron chi connectivity index (χ0n) is 17.4. The first-order valence-electron chi connectivity index (χ1n) is 10.2. The molecule has 158 valence electrons. The van der Waals surface area contributed by atoms with E-state index >= 15 is 0 Å². The number of likely N-dealkylation sites (N-methyl/N-ethyl adjacent to an activating group) is 1. The van der Waals surface area contributed by atoms with Crippen LogP contribution in [-0.2, 0) is 20.9 Å². The summed E-state index contributed by atoms with van der Waals surface area (Å²) in [5, 5.41) is 0. The average molecular weight is 409 g/mol. The van der Waals surface area contributed by atoms with E-state index in [-0.39, 0.29) is 18.4 Å². The Morgan fingerprint density at radius 3 is 2.47 bits per heavy atom. The number of fused-ring (bicyclic) bond motifs is 1. The van der Waals surface area contributed by atoms with Crippen LogP contribution >= 0.6 is 0 Å². The number of ether oxygens (including phenoxy) is 2. The molecule has 0 aliphatic carbocycles. The van der Waals surface area contributed by atoms with Crippen LogP contribution in [0, 0.1) is 0 Å². The molecule has 1 saturated heterocycles. The van der Waals surface area contributed by atoms with Crippen molar-refractivity contribution in [3.05, 3.63) is 54.1 Å². The van der Waals surface area contributed by atoms with Crippen LogP contribution in [0.25, 0.3) is 0 Å². The van der Waals surface area contributed by atoms with Crippen molar-refractivity contribution in [2.45, 2.75) is 19.6 Å². The summed E-state index contributed by atoms with van der Waals surface area (Å²) in [6.45, 7) is 5.48. The Bertz CT molecular complexity index is 909. The second kappa shape index (κ2) is 8.75. The number of hydrogen-bond donors (Lipinski definition) is 0. The molecule has 0 aromatic heterocycles. The topological polar surface area (TPSA) is 62.3 Å². The quantitative estimate of drug-likeness (QED) is 0.776. The van der Waals surface area contributed by atoms with Crippen molar-refractivity contribution in [2.24, 2.45) is 0 Å². The van der Waals surface area contributed by atoms with Gasteiger partial charge in [-0.05, 0) is 29.8 Å². The molecule has 7 nitrogen and oxygen atoms in total. The smallest absolute Gasteiger partial charge is 0.265 e. The van der Waals surface area contributed by atoms with Gasteiger partial charge in [0.25, 0.3) is 5.91 Å². The molecule has 2 aliphatic rings. The molecule has 2 aromatic rings. The molecule has 30 heavy (non-hydrogen) atoms. The second-order valence-corrected chi connectivity index (χ2v) is 7.66. The highest BCUT2D eigenvalue weighted by atomic mass is 16.5. The number of benzene rings is 2. The number of amides is 2. The maximum atomic E-state index is 13.0. The minimum Gasteiger partial charge on any atom is -0.476 e. The first kappa shape index (κ1) is 20.2. The fraction of sp³-hybridized carbons (Fsp3) is 0.391. The maximum Gasteiger partial charge on any atom is 0.265 e. The SMILES string of the molecule is CC(=O)N1CC(C(=O)N(C)Cc2ccc(N3CCOCC3)cc2)Oc2ccccc21. The third-order valence-corrected chi connectivity index (χ3v) is 5.54. The fourth-order valence-corrected chi connectivity index (χ4v) is 3.89. The van der Waals surface area contributed by atoms with Crippen molar-refractivity contribution in [1.82, 2.24) is 4.90 Å². The van der Waals surface area contributed by atoms with E-state index in [1.165, 1.54) is 12.6 Å². The van der Waals surface area contributed by atoms with Gasteiger partial charge in [0.15, 0.2) is 6.10 Å². The third kappa shape index (κ3) is 4.26. The highest BCUT2D eigenvalue weighted by Gasteiger charge is 2.34. The molecule has 1 fully saturated rings. The Labute approximate surface area is 176 Å². The van der Waals surface area contributed by atoms with Crippen LogP contribution in [-0.4, -0.2) is 62.7 Å². The van der Waals surface area contributed by atoms with E-state index < -0.39 is 6.10 Å². The lowest BCUT2D eigenvalue weighted by atomic mass is 10.1. The number of anilines is 2. The van der Waals surface area contributed by atoms with E-state index in [2.05, 4.69) is 17.0 Å². The number of carbonyl (C=O) groups excluding carboxylic acids is 2. The standard InChI is InChI=1S/C23H27N3O4/c1-17(27)26-16-22(30-21-6-4-3-5-20(21)26)23(28)24(2)15-18-7-9-19(10-8-18)25-11-13-29-14-12-25/h3-10,22H,11-16H2,1-2H3. The summed E-state index contributed by atoms with van der Waals surface area (Å²) >= 11 is 0. The van der Waals surface area contributed by atoms with Crippen molar-refractivity contribution < 1.29 is 19.1 Å². The van der Waals surface area contributed by atoms with E-state index in [0.29, 0.717) is 18.0 Å². The predicted molar refractivity (Wildman–Crippen MR) is 115 cm³/mol. The summed E-state index contributed by atoms with van der Waals surface area (Å²) < 4.78 is 11.3. The summed E-state index contributed by atoms with van der Waals surface area (Å²) in [6, 6.07) is 15.6. The molecule has 0 N–H and O–H groups in total. The van der Waals surface area contributed by atoms with Gasteiger partial charge < -0.3 is 24.2 Å². The van der Waals surface area contributed by atoms with Crippen LogP contribution in [0.4, 0.5) is 11.4 Å². The van der Waals surface area contributed by atoms with Gasteiger partial charge in [-0.3, -0.25) is 9.59 Å². The zero-order chi connectivity index (χ0) is 21.1. The summed E-state index contributed by atoms with van der Waals surface area (Å²) in [5.74, 6) is 0.304. The Balaban J connectivity index is 1.42. The van der Waals surface area contributed by atoms with Gasteiger partial charge in [0.2, 0.25) is 5.91 Å². The monoisotopic (exact) mass is 409 g/mol. The summed E-state index contributed by atoms with van der Waals surface area (Å²) in [7, 11) is 1.76. The van der Waals surface area contributed by atoms with Crippen LogP contribution in [0.2, 0.25) is 0 Å². The third-order valence-electron chi connectivity index (χ3n) is 5.54. The second-order valence-electron chi connectivity index (χ2n) is 7.66. The Morgan fingerprint density at radius 2 is 1.77 bits per heavy atom. The molecule has 7 heteroatoms. The van der Waals surface area contributed by atoms with Crippen LogP contribution < -0.4 is 14.5 Å². The van der Waals surface area contributed by atoms with E-state index in [0.717, 1.165) is 31.9 Å². The van der Waals surface area contributed by atoms with Crippen LogP contribution in [0.3, 0.4) is 0 Å². The lowest BCUT2D eigenvalue weighted by Gasteiger charge is -2.35. The average Bonchev–Trinajstić information content (AvgIpc) is 2.78. The van der Waals surface area contributed by atoms with Gasteiger partial charge in [-0.25, -0.2) is 0 Å². The van der Waals surface area contributed by atoms with Crippen molar-refractivity contribution in [1.29, 1.82) is 0 Å². The van der Waals surface area contributed by atoms with Crippen molar-refractivity contribution in [2.75, 3.05) is 49.7 Å². The minimum atomic E-state index is -0.721. The lowest BCUT2D eigenvalue weighted by Crippen LogP contribution is -2.50. The molecule has 0 saturated carbocycles. The molecule has 2 amide bonds. The van der Waals surface area contributed by atoms with Gasteiger partial charge in [-0.1, -0.05) is 24.3 Å². The molecule has 1 unspecified atom stereocenters. The van der Waals surface area contributed by atoms with Crippen LogP contribution in [0.1, 0.15) is 12.5 Å². The van der Waals surface area contributed by atoms with E-state index in [1.54, 1.807) is 22.9 Å². The number of para-hydroxylation sites is 2. The molecular formula is C23H27N3O4. The first-order valence-corrected chi connectivity index (χ1v) is 10.2. The summed E-state index contributed by atoms with van der Waals surface area (Å²) in [5.41, 5.74) is 2.92. The van der Waals surface area contributed by atoms with Gasteiger partial charge in [0.05, 0.1) is 25.4 Å². The Morgan fingerprint density at radius 1 is 1.07 bits per heavy atom. The van der Waals surface area contributed by atoms with Gasteiger partial charge in [-0.15, -0.1) is 0 Å². The van der Waals surface area contributed by atoms with Gasteiger partial charge in [-0.2, -0.15) is 0 Å². The molecule has 0 bridgehead atoms. The first-order chi connectivity index (χ1) is 14.5. The maximum absolute atomic E-state index is 13.0. The molecular weight excluding hydrogens is 382 g/mol. The fourth-order valence-electron chi connectivity index (χ4n) is 3.89. The number of nitrogens with zero attached hydrogens (tertiary/aromatic N) is 3. The van der Waals surface area contributed by atoms with Crippen LogP contribution in [0.5, 0.6) is 5.75 Å². The van der Waals surface area contributed by atoms with Crippen molar-refractivity contribution >= 4 is 23.2 Å². The Kier molecular flexibility index (Phi) is 5.90.